The van der Waals surface area contributed by atoms with Gasteiger partial charge in [-0.3, -0.25) is 21.3 Å². The molecule has 0 amide bonds. The average molecular weight is 732 g/mol. The molecule has 1 heterocycles. The van der Waals surface area contributed by atoms with E-state index in [1.807, 2.05) is 27.7 Å². The molecule has 0 bridgehead atoms. The molecule has 1 N–H and O–H groups in total. The Morgan fingerprint density at radius 1 is 1.14 bits per heavy atom. The Balaban J connectivity index is -0.000000167. The first-order chi connectivity index (χ1) is 11.7. The molecule has 1 aliphatic rings. The van der Waals surface area contributed by atoms with Gasteiger partial charge in [-0.05, 0) is 45.5 Å². The fourth-order valence-electron chi connectivity index (χ4n) is 2.39. The van der Waals surface area contributed by atoms with Crippen molar-refractivity contribution in [2.45, 2.75) is 101 Å². The van der Waals surface area contributed by atoms with Gasteiger partial charge in [-0.15, -0.1) is 5.41 Å². The Hall–Kier alpha value is 0.0866. The fourth-order valence-corrected chi connectivity index (χ4v) is 2.39. The van der Waals surface area contributed by atoms with Crippen LogP contribution in [0.3, 0.4) is 0 Å². The zero-order valence-electron chi connectivity index (χ0n) is 19.8. The monoisotopic (exact) mass is 732 g/mol. The zero-order valence-corrected chi connectivity index (χ0v) is 25.7. The Bertz CT molecular complexity index is 527. The molecular formula is C22H40N2O2W2-2. The number of rotatable bonds is 3. The second kappa shape index (κ2) is 15.9. The van der Waals surface area contributed by atoms with E-state index in [2.05, 4.69) is 44.1 Å². The minimum absolute atomic E-state index is 0. The molecule has 0 aromatic rings. The first-order valence-electron chi connectivity index (χ1n) is 9.27. The van der Waals surface area contributed by atoms with Gasteiger partial charge >= 0.3 is 0 Å². The smallest absolute Gasteiger partial charge is 0.153 e. The molecule has 164 valence electrons. The maximum atomic E-state index is 11.5. The number of ketones is 2. The molecule has 3 unspecified atom stereocenters. The van der Waals surface area contributed by atoms with Crippen LogP contribution in [0.2, 0.25) is 0 Å². The number of carbonyl (C=O) groups is 2. The van der Waals surface area contributed by atoms with Crippen LogP contribution < -0.4 is 5.32 Å². The van der Waals surface area contributed by atoms with E-state index in [4.69, 9.17) is 0 Å². The molecule has 0 aromatic heterocycles. The van der Waals surface area contributed by atoms with Crippen molar-refractivity contribution in [3.05, 3.63) is 17.6 Å². The van der Waals surface area contributed by atoms with E-state index in [9.17, 15) is 9.59 Å². The van der Waals surface area contributed by atoms with Crippen molar-refractivity contribution in [2.75, 3.05) is 0 Å². The number of hydrogen-bond donors (Lipinski definition) is 1. The van der Waals surface area contributed by atoms with E-state index in [0.29, 0.717) is 6.04 Å². The van der Waals surface area contributed by atoms with Crippen molar-refractivity contribution < 1.29 is 51.7 Å². The van der Waals surface area contributed by atoms with Crippen molar-refractivity contribution in [1.82, 2.24) is 5.32 Å². The third kappa shape index (κ3) is 11.3. The van der Waals surface area contributed by atoms with Crippen LogP contribution in [0.4, 0.5) is 0 Å². The molecule has 0 spiro atoms. The van der Waals surface area contributed by atoms with Gasteiger partial charge in [0.2, 0.25) is 0 Å². The molecular weight excluding hydrogens is 692 g/mol. The summed E-state index contributed by atoms with van der Waals surface area (Å²) in [7, 11) is 0. The third-order valence-corrected chi connectivity index (χ3v) is 5.47. The molecule has 0 aliphatic carbocycles. The molecule has 3 atom stereocenters. The van der Waals surface area contributed by atoms with Gasteiger partial charge in [0.1, 0.15) is 11.8 Å². The second-order valence-corrected chi connectivity index (χ2v) is 7.84. The Labute approximate surface area is 202 Å². The number of aliphatic imine (C=N–C) groups is 1. The van der Waals surface area contributed by atoms with Crippen LogP contribution in [0, 0.1) is 17.4 Å². The molecule has 1 aliphatic heterocycles. The van der Waals surface area contributed by atoms with Crippen LogP contribution in [-0.4, -0.2) is 35.4 Å². The van der Waals surface area contributed by atoms with Gasteiger partial charge in [-0.2, -0.15) is 13.8 Å². The molecule has 28 heavy (non-hydrogen) atoms. The maximum absolute atomic E-state index is 11.5. The Kier molecular flexibility index (Phi) is 20.1. The largest absolute Gasteiger partial charge is 0.501 e. The standard InChI is InChI=1S/C11H20NO.C6H11NO.C5H9.2W/c1-7-10(4,5)8(2)12-11(7,6)9(3)13;1-4-7-5(2)6(3)8;1-4-5(2)3;;/h8,12H,1-6H3;4-5H,1-3H3;1-3H3;;/q-1;;-1;;. The summed E-state index contributed by atoms with van der Waals surface area (Å²) in [6, 6.07) is 0.210. The first kappa shape index (κ1) is 35.5. The molecule has 0 aromatic carbocycles. The van der Waals surface area contributed by atoms with Crippen molar-refractivity contribution in [3.8, 4) is 0 Å². The van der Waals surface area contributed by atoms with Crippen molar-refractivity contribution in [3.63, 3.8) is 0 Å². The zero-order chi connectivity index (χ0) is 21.3. The van der Waals surface area contributed by atoms with Gasteiger partial charge < -0.3 is 16.2 Å². The summed E-state index contributed by atoms with van der Waals surface area (Å²) in [6.45, 7) is 23.3. The molecule has 1 saturated heterocycles. The summed E-state index contributed by atoms with van der Waals surface area (Å²) in [5.74, 6) is 1.57. The summed E-state index contributed by atoms with van der Waals surface area (Å²) >= 11 is 0. The quantitative estimate of drug-likeness (QED) is 0.337. The first-order valence-corrected chi connectivity index (χ1v) is 9.27. The van der Waals surface area contributed by atoms with Gasteiger partial charge in [0.15, 0.2) is 5.78 Å². The predicted octanol–water partition coefficient (Wildman–Crippen LogP) is 4.77. The van der Waals surface area contributed by atoms with E-state index in [1.54, 1.807) is 27.0 Å². The number of allylic oxidation sites excluding steroid dienone is 2. The minimum Gasteiger partial charge on any atom is -0.501 e. The topological polar surface area (TPSA) is 58.5 Å². The van der Waals surface area contributed by atoms with Gasteiger partial charge in [0, 0.05) is 42.1 Å². The second-order valence-electron chi connectivity index (χ2n) is 7.84. The average Bonchev–Trinajstić information content (AvgIpc) is 2.69. The van der Waals surface area contributed by atoms with Gasteiger partial charge in [-0.1, -0.05) is 41.5 Å². The molecule has 1 fully saturated rings. The Morgan fingerprint density at radius 3 is 1.64 bits per heavy atom. The van der Waals surface area contributed by atoms with Crippen LogP contribution in [0.25, 0.3) is 0 Å². The van der Waals surface area contributed by atoms with Gasteiger partial charge in [-0.25, -0.2) is 0 Å². The number of carbonyl (C=O) groups excluding carboxylic acids is 2. The van der Waals surface area contributed by atoms with E-state index < -0.39 is 5.54 Å². The van der Waals surface area contributed by atoms with E-state index in [-0.39, 0.29) is 65.2 Å². The summed E-state index contributed by atoms with van der Waals surface area (Å²) in [5, 5.41) is 3.38. The molecule has 6 heteroatoms. The van der Waals surface area contributed by atoms with Crippen LogP contribution in [-0.2, 0) is 51.7 Å². The molecule has 4 nitrogen and oxygen atoms in total. The fraction of sp³-hybridized carbons (Fsp3) is 0.727. The predicted molar refractivity (Wildman–Crippen MR) is 112 cm³/mol. The van der Waals surface area contributed by atoms with Crippen molar-refractivity contribution in [1.29, 1.82) is 0 Å². The van der Waals surface area contributed by atoms with Crippen LogP contribution in [0.15, 0.2) is 10.6 Å². The number of hydrogen-bond acceptors (Lipinski definition) is 4. The van der Waals surface area contributed by atoms with Gasteiger partial charge in [0.05, 0.1) is 0 Å². The summed E-state index contributed by atoms with van der Waals surface area (Å²) < 4.78 is 0. The summed E-state index contributed by atoms with van der Waals surface area (Å²) in [5.41, 5.74) is 0.952. The SMILES string of the molecule is CC(=O)C1(C)NC(C)C(C)(C)[C-]1C.CC=NC(C)C(C)=O.C[C-]=C(C)C.[W].[W]. The van der Waals surface area contributed by atoms with E-state index in [1.165, 1.54) is 18.4 Å². The maximum Gasteiger partial charge on any atom is 0.153 e. The van der Waals surface area contributed by atoms with E-state index >= 15 is 0 Å². The molecule has 1 rings (SSSR count). The summed E-state index contributed by atoms with van der Waals surface area (Å²) in [4.78, 5) is 25.8. The number of Topliss-reactive ketones (excluding diaryl/α,β-unsaturated/α-hetero) is 2. The third-order valence-electron chi connectivity index (χ3n) is 5.47. The van der Waals surface area contributed by atoms with Crippen LogP contribution in [0.5, 0.6) is 0 Å². The van der Waals surface area contributed by atoms with Crippen molar-refractivity contribution >= 4 is 17.8 Å². The molecule has 0 saturated carbocycles. The normalized spacial score (nSPS) is 23.6. The minimum atomic E-state index is -0.414. The number of nitrogens with one attached hydrogen (secondary N) is 1. The van der Waals surface area contributed by atoms with Crippen molar-refractivity contribution in [2.24, 2.45) is 10.4 Å². The van der Waals surface area contributed by atoms with Crippen LogP contribution in [0.1, 0.15) is 83.1 Å². The molecule has 0 radical (unpaired) electrons. The van der Waals surface area contributed by atoms with Gasteiger partial charge in [0.25, 0.3) is 0 Å². The Morgan fingerprint density at radius 2 is 1.54 bits per heavy atom. The summed E-state index contributed by atoms with van der Waals surface area (Å²) in [6.07, 6.45) is 4.59. The number of nitrogens with zero attached hydrogens (tertiary/aromatic N) is 1. The van der Waals surface area contributed by atoms with E-state index in [0.717, 1.165) is 0 Å². The van der Waals surface area contributed by atoms with Crippen LogP contribution >= 0.6 is 0 Å².